The van der Waals surface area contributed by atoms with Crippen molar-refractivity contribution in [3.8, 4) is 0 Å². The number of carbonyl (C=O) groups excluding carboxylic acids is 2. The highest BCUT2D eigenvalue weighted by atomic mass is 16.5. The predicted octanol–water partition coefficient (Wildman–Crippen LogP) is 1.75. The van der Waals surface area contributed by atoms with E-state index in [1.807, 2.05) is 19.1 Å². The van der Waals surface area contributed by atoms with Gasteiger partial charge in [0.25, 0.3) is 0 Å². The lowest BCUT2D eigenvalue weighted by Gasteiger charge is -2.20. The number of amides is 1. The Kier molecular flexibility index (Phi) is 4.27. The van der Waals surface area contributed by atoms with Crippen LogP contribution in [0.25, 0.3) is 0 Å². The number of nitrogens with two attached hydrogens (primary N) is 1. The molecule has 108 valence electrons. The molecule has 1 aromatic carbocycles. The Morgan fingerprint density at radius 1 is 1.45 bits per heavy atom. The fourth-order valence-electron chi connectivity index (χ4n) is 2.51. The number of anilines is 2. The first-order valence-electron chi connectivity index (χ1n) is 6.92. The number of rotatable bonds is 4. The Morgan fingerprint density at radius 3 is 2.85 bits per heavy atom. The quantitative estimate of drug-likeness (QED) is 0.671. The molecule has 5 nitrogen and oxygen atoms in total. The molecule has 0 saturated carbocycles. The second kappa shape index (κ2) is 5.94. The van der Waals surface area contributed by atoms with Crippen LogP contribution in [-0.4, -0.2) is 25.0 Å². The van der Waals surface area contributed by atoms with E-state index in [1.54, 1.807) is 17.9 Å². The molecule has 1 fully saturated rings. The van der Waals surface area contributed by atoms with Crippen LogP contribution in [0.1, 0.15) is 25.8 Å². The van der Waals surface area contributed by atoms with E-state index in [9.17, 15) is 9.59 Å². The maximum Gasteiger partial charge on any atom is 0.311 e. The topological polar surface area (TPSA) is 72.6 Å². The summed E-state index contributed by atoms with van der Waals surface area (Å²) in [6.45, 7) is 4.50. The van der Waals surface area contributed by atoms with Gasteiger partial charge in [-0.25, -0.2) is 0 Å². The van der Waals surface area contributed by atoms with Crippen molar-refractivity contribution in [2.24, 2.45) is 5.92 Å². The fourth-order valence-corrected chi connectivity index (χ4v) is 2.51. The third kappa shape index (κ3) is 2.76. The number of ether oxygens (including phenoxy) is 1. The van der Waals surface area contributed by atoms with Crippen LogP contribution in [-0.2, 0) is 20.7 Å². The zero-order chi connectivity index (χ0) is 14.7. The van der Waals surface area contributed by atoms with Crippen LogP contribution in [0.15, 0.2) is 18.2 Å². The molecule has 5 heteroatoms. The summed E-state index contributed by atoms with van der Waals surface area (Å²) in [5.74, 6) is -0.705. The largest absolute Gasteiger partial charge is 0.466 e. The molecule has 1 aliphatic heterocycles. The van der Waals surface area contributed by atoms with Crippen molar-refractivity contribution in [3.05, 3.63) is 23.8 Å². The molecule has 1 atom stereocenters. The molecule has 0 aliphatic carbocycles. The summed E-state index contributed by atoms with van der Waals surface area (Å²) in [5, 5.41) is 0. The van der Waals surface area contributed by atoms with Gasteiger partial charge in [0, 0.05) is 24.3 Å². The van der Waals surface area contributed by atoms with Gasteiger partial charge in [-0.3, -0.25) is 9.59 Å². The Hall–Kier alpha value is -2.04. The highest BCUT2D eigenvalue weighted by molar-refractivity contribution is 6.00. The van der Waals surface area contributed by atoms with Crippen molar-refractivity contribution in [3.63, 3.8) is 0 Å². The molecule has 0 aromatic heterocycles. The van der Waals surface area contributed by atoms with Crippen LogP contribution >= 0.6 is 0 Å². The third-order valence-electron chi connectivity index (χ3n) is 3.52. The summed E-state index contributed by atoms with van der Waals surface area (Å²) in [6, 6.07) is 5.50. The molecule has 1 saturated heterocycles. The summed E-state index contributed by atoms with van der Waals surface area (Å²) in [4.78, 5) is 25.6. The van der Waals surface area contributed by atoms with E-state index in [0.717, 1.165) is 17.7 Å². The lowest BCUT2D eigenvalue weighted by molar-refractivity contribution is -0.147. The standard InChI is InChI=1S/C15H20N2O3/c1-3-10-7-12(16)5-6-13(10)17-9-11(8-14(17)18)15(19)20-4-2/h5-7,11H,3-4,8-9,16H2,1-2H3/t11-/m0/s1. The Labute approximate surface area is 118 Å². The average molecular weight is 276 g/mol. The van der Waals surface area contributed by atoms with Crippen molar-refractivity contribution in [1.82, 2.24) is 0 Å². The van der Waals surface area contributed by atoms with Crippen LogP contribution in [0.4, 0.5) is 11.4 Å². The van der Waals surface area contributed by atoms with E-state index < -0.39 is 0 Å². The number of aryl methyl sites for hydroxylation is 1. The number of esters is 1. The molecule has 0 unspecified atom stereocenters. The fraction of sp³-hybridized carbons (Fsp3) is 0.467. The van der Waals surface area contributed by atoms with Crippen LogP contribution in [0, 0.1) is 5.92 Å². The van der Waals surface area contributed by atoms with Crippen molar-refractivity contribution >= 4 is 23.3 Å². The van der Waals surface area contributed by atoms with Gasteiger partial charge < -0.3 is 15.4 Å². The molecular formula is C15H20N2O3. The summed E-state index contributed by atoms with van der Waals surface area (Å²) >= 11 is 0. The maximum absolute atomic E-state index is 12.1. The molecular weight excluding hydrogens is 256 g/mol. The van der Waals surface area contributed by atoms with Crippen LogP contribution in [0.2, 0.25) is 0 Å². The zero-order valence-corrected chi connectivity index (χ0v) is 11.9. The second-order valence-corrected chi connectivity index (χ2v) is 4.90. The molecule has 0 radical (unpaired) electrons. The van der Waals surface area contributed by atoms with Gasteiger partial charge in [-0.2, -0.15) is 0 Å². The van der Waals surface area contributed by atoms with Gasteiger partial charge >= 0.3 is 5.97 Å². The molecule has 0 spiro atoms. The maximum atomic E-state index is 12.1. The van der Waals surface area contributed by atoms with Crippen molar-refractivity contribution in [1.29, 1.82) is 0 Å². The molecule has 2 N–H and O–H groups in total. The number of hydrogen-bond acceptors (Lipinski definition) is 4. The molecule has 1 amide bonds. The van der Waals surface area contributed by atoms with Crippen molar-refractivity contribution < 1.29 is 14.3 Å². The first-order chi connectivity index (χ1) is 9.56. The normalized spacial score (nSPS) is 18.4. The molecule has 0 bridgehead atoms. The van der Waals surface area contributed by atoms with Gasteiger partial charge in [0.05, 0.1) is 12.5 Å². The van der Waals surface area contributed by atoms with E-state index in [2.05, 4.69) is 0 Å². The Balaban J connectivity index is 2.22. The summed E-state index contributed by atoms with van der Waals surface area (Å²) in [7, 11) is 0. The summed E-state index contributed by atoms with van der Waals surface area (Å²) in [6.07, 6.45) is 1.00. The van der Waals surface area contributed by atoms with Gasteiger partial charge in [0.15, 0.2) is 0 Å². The first kappa shape index (κ1) is 14.4. The second-order valence-electron chi connectivity index (χ2n) is 4.90. The lowest BCUT2D eigenvalue weighted by Crippen LogP contribution is -2.27. The van der Waals surface area contributed by atoms with E-state index in [4.69, 9.17) is 10.5 Å². The average Bonchev–Trinajstić information content (AvgIpc) is 2.81. The smallest absolute Gasteiger partial charge is 0.311 e. The van der Waals surface area contributed by atoms with Gasteiger partial charge in [-0.1, -0.05) is 6.92 Å². The number of nitrogen functional groups attached to an aromatic ring is 1. The van der Waals surface area contributed by atoms with Crippen LogP contribution in [0.5, 0.6) is 0 Å². The predicted molar refractivity (Wildman–Crippen MR) is 77.3 cm³/mol. The molecule has 1 aliphatic rings. The van der Waals surface area contributed by atoms with Gasteiger partial charge in [-0.15, -0.1) is 0 Å². The van der Waals surface area contributed by atoms with E-state index >= 15 is 0 Å². The molecule has 2 rings (SSSR count). The minimum atomic E-state index is -0.371. The molecule has 20 heavy (non-hydrogen) atoms. The van der Waals surface area contributed by atoms with Crippen LogP contribution in [0.3, 0.4) is 0 Å². The van der Waals surface area contributed by atoms with Crippen molar-refractivity contribution in [2.45, 2.75) is 26.7 Å². The third-order valence-corrected chi connectivity index (χ3v) is 3.52. The van der Waals surface area contributed by atoms with Gasteiger partial charge in [-0.05, 0) is 37.1 Å². The molecule has 1 heterocycles. The summed E-state index contributed by atoms with van der Waals surface area (Å²) < 4.78 is 5.00. The van der Waals surface area contributed by atoms with E-state index in [0.29, 0.717) is 18.8 Å². The van der Waals surface area contributed by atoms with E-state index in [1.165, 1.54) is 0 Å². The number of benzene rings is 1. The zero-order valence-electron chi connectivity index (χ0n) is 11.9. The number of carbonyl (C=O) groups is 2. The van der Waals surface area contributed by atoms with Gasteiger partial charge in [0.1, 0.15) is 0 Å². The van der Waals surface area contributed by atoms with Crippen molar-refractivity contribution in [2.75, 3.05) is 23.8 Å². The Bertz CT molecular complexity index is 528. The lowest BCUT2D eigenvalue weighted by atomic mass is 10.1. The highest BCUT2D eigenvalue weighted by Gasteiger charge is 2.36. The highest BCUT2D eigenvalue weighted by Crippen LogP contribution is 2.30. The number of hydrogen-bond donors (Lipinski definition) is 1. The SMILES string of the molecule is CCOC(=O)[C@H]1CC(=O)N(c2ccc(N)cc2CC)C1. The van der Waals surface area contributed by atoms with E-state index in [-0.39, 0.29) is 24.2 Å². The molecule has 1 aromatic rings. The summed E-state index contributed by atoms with van der Waals surface area (Å²) in [5.41, 5.74) is 8.32. The minimum absolute atomic E-state index is 0.0393. The van der Waals surface area contributed by atoms with Crippen LogP contribution < -0.4 is 10.6 Å². The minimum Gasteiger partial charge on any atom is -0.466 e. The Morgan fingerprint density at radius 2 is 2.20 bits per heavy atom. The first-order valence-corrected chi connectivity index (χ1v) is 6.92. The van der Waals surface area contributed by atoms with Gasteiger partial charge in [0.2, 0.25) is 5.91 Å². The number of nitrogens with zero attached hydrogens (tertiary/aromatic N) is 1. The monoisotopic (exact) mass is 276 g/mol.